The number of hydrogen-bond donors (Lipinski definition) is 2. The summed E-state index contributed by atoms with van der Waals surface area (Å²) in [5.74, 6) is 2.37. The van der Waals surface area contributed by atoms with E-state index in [1.54, 1.807) is 18.7 Å². The fraction of sp³-hybridized carbons (Fsp3) is 0.150. The first-order valence-electron chi connectivity index (χ1n) is 8.72. The third kappa shape index (κ3) is 4.17. The van der Waals surface area contributed by atoms with Crippen molar-refractivity contribution in [3.8, 4) is 22.9 Å². The Kier molecular flexibility index (Phi) is 5.29. The van der Waals surface area contributed by atoms with Gasteiger partial charge in [-0.2, -0.15) is 0 Å². The fourth-order valence-electron chi connectivity index (χ4n) is 2.66. The van der Waals surface area contributed by atoms with Crippen molar-refractivity contribution >= 4 is 23.5 Å². The smallest absolute Gasteiger partial charge is 0.226 e. The van der Waals surface area contributed by atoms with E-state index >= 15 is 0 Å². The van der Waals surface area contributed by atoms with Crippen LogP contribution < -0.4 is 5.32 Å². The van der Waals surface area contributed by atoms with Gasteiger partial charge in [0.15, 0.2) is 16.7 Å². The maximum atomic E-state index is 12.1. The van der Waals surface area contributed by atoms with E-state index < -0.39 is 0 Å². The van der Waals surface area contributed by atoms with Gasteiger partial charge < -0.3 is 19.1 Å². The van der Waals surface area contributed by atoms with Crippen LogP contribution in [0.4, 0.5) is 5.82 Å². The average Bonchev–Trinajstić information content (AvgIpc) is 3.42. The zero-order valence-corrected chi connectivity index (χ0v) is 16.0. The molecule has 0 aliphatic rings. The van der Waals surface area contributed by atoms with Gasteiger partial charge in [0.25, 0.3) is 0 Å². The number of thioether (sulfide) groups is 1. The third-order valence-corrected chi connectivity index (χ3v) is 4.83. The van der Waals surface area contributed by atoms with E-state index in [9.17, 15) is 4.79 Å². The maximum Gasteiger partial charge on any atom is 0.226 e. The highest BCUT2D eigenvalue weighted by molar-refractivity contribution is 7.99. The first-order valence-corrected chi connectivity index (χ1v) is 9.70. The summed E-state index contributed by atoms with van der Waals surface area (Å²) in [5, 5.41) is 3.50. The predicted octanol–water partition coefficient (Wildman–Crippen LogP) is 4.75. The standard InChI is InChI=1S/C20H18N4O3S/c1-13-6-8-21-16(12-13)22-17(25)7-11-28-20-23-18(14-4-2-9-26-14)19(24-20)15-5-3-10-27-15/h2-6,8-10,12H,7,11H2,1H3,(H,23,24)(H,21,22,25). The molecule has 142 valence electrons. The summed E-state index contributed by atoms with van der Waals surface area (Å²) in [7, 11) is 0. The lowest BCUT2D eigenvalue weighted by molar-refractivity contribution is -0.115. The number of nitrogens with one attached hydrogen (secondary N) is 2. The molecule has 0 saturated carbocycles. The summed E-state index contributed by atoms with van der Waals surface area (Å²) in [4.78, 5) is 24.1. The SMILES string of the molecule is Cc1ccnc(NC(=O)CCSc2nc(-c3ccco3)c(-c3ccco3)[nH]2)c1. The van der Waals surface area contributed by atoms with Crippen molar-refractivity contribution in [2.24, 2.45) is 0 Å². The number of carbonyl (C=O) groups excluding carboxylic acids is 1. The number of amides is 1. The molecule has 2 N–H and O–H groups in total. The largest absolute Gasteiger partial charge is 0.463 e. The molecule has 4 rings (SSSR count). The normalized spacial score (nSPS) is 10.9. The highest BCUT2D eigenvalue weighted by Gasteiger charge is 2.18. The van der Waals surface area contributed by atoms with Crippen molar-refractivity contribution < 1.29 is 13.6 Å². The molecule has 0 spiro atoms. The lowest BCUT2D eigenvalue weighted by atomic mass is 10.2. The molecular formula is C20H18N4O3S. The van der Waals surface area contributed by atoms with Crippen molar-refractivity contribution in [3.05, 3.63) is 60.7 Å². The number of imidazole rings is 1. The molecule has 8 heteroatoms. The number of H-pyrrole nitrogens is 1. The van der Waals surface area contributed by atoms with Gasteiger partial charge in [-0.05, 0) is 48.9 Å². The van der Waals surface area contributed by atoms with Gasteiger partial charge in [0.2, 0.25) is 5.91 Å². The quantitative estimate of drug-likeness (QED) is 0.439. The Morgan fingerprint density at radius 3 is 2.68 bits per heavy atom. The van der Waals surface area contributed by atoms with Gasteiger partial charge in [-0.15, -0.1) is 0 Å². The van der Waals surface area contributed by atoms with Crippen LogP contribution >= 0.6 is 11.8 Å². The number of hydrogen-bond acceptors (Lipinski definition) is 6. The highest BCUT2D eigenvalue weighted by atomic mass is 32.2. The molecule has 0 atom stereocenters. The van der Waals surface area contributed by atoms with E-state index in [0.29, 0.717) is 40.4 Å². The number of furan rings is 2. The van der Waals surface area contributed by atoms with Crippen molar-refractivity contribution in [1.82, 2.24) is 15.0 Å². The number of nitrogens with zero attached hydrogens (tertiary/aromatic N) is 2. The number of rotatable bonds is 7. The molecule has 0 aliphatic heterocycles. The second-order valence-electron chi connectivity index (χ2n) is 6.09. The first kappa shape index (κ1) is 18.1. The number of aryl methyl sites for hydroxylation is 1. The van der Waals surface area contributed by atoms with Crippen LogP contribution in [-0.2, 0) is 4.79 Å². The van der Waals surface area contributed by atoms with E-state index in [1.807, 2.05) is 43.3 Å². The lowest BCUT2D eigenvalue weighted by Gasteiger charge is -2.04. The van der Waals surface area contributed by atoms with Crippen LogP contribution in [0.1, 0.15) is 12.0 Å². The summed E-state index contributed by atoms with van der Waals surface area (Å²) in [6, 6.07) is 11.1. The Balaban J connectivity index is 1.41. The number of pyridine rings is 1. The van der Waals surface area contributed by atoms with Crippen molar-refractivity contribution in [2.45, 2.75) is 18.5 Å². The molecule has 0 radical (unpaired) electrons. The minimum absolute atomic E-state index is 0.0883. The second-order valence-corrected chi connectivity index (χ2v) is 7.17. The van der Waals surface area contributed by atoms with Crippen molar-refractivity contribution in [3.63, 3.8) is 0 Å². The summed E-state index contributed by atoms with van der Waals surface area (Å²) < 4.78 is 11.0. The van der Waals surface area contributed by atoms with Gasteiger partial charge in [-0.3, -0.25) is 4.79 Å². The fourth-order valence-corrected chi connectivity index (χ4v) is 3.47. The van der Waals surface area contributed by atoms with Crippen LogP contribution in [0.5, 0.6) is 0 Å². The molecule has 0 unspecified atom stereocenters. The van der Waals surface area contributed by atoms with Crippen LogP contribution in [0.2, 0.25) is 0 Å². The summed E-state index contributed by atoms with van der Waals surface area (Å²) >= 11 is 1.46. The Morgan fingerprint density at radius 2 is 1.96 bits per heavy atom. The molecule has 4 aromatic rings. The zero-order chi connectivity index (χ0) is 19.3. The van der Waals surface area contributed by atoms with Gasteiger partial charge in [0, 0.05) is 18.4 Å². The molecule has 0 fully saturated rings. The van der Waals surface area contributed by atoms with Gasteiger partial charge >= 0.3 is 0 Å². The molecular weight excluding hydrogens is 376 g/mol. The molecule has 7 nitrogen and oxygen atoms in total. The molecule has 1 amide bonds. The van der Waals surface area contributed by atoms with Gasteiger partial charge in [-0.1, -0.05) is 11.8 Å². The van der Waals surface area contributed by atoms with Crippen molar-refractivity contribution in [1.29, 1.82) is 0 Å². The molecule has 0 saturated heterocycles. The van der Waals surface area contributed by atoms with E-state index in [-0.39, 0.29) is 5.91 Å². The number of aromatic amines is 1. The maximum absolute atomic E-state index is 12.1. The minimum atomic E-state index is -0.0883. The monoisotopic (exact) mass is 394 g/mol. The zero-order valence-electron chi connectivity index (χ0n) is 15.1. The Morgan fingerprint density at radius 1 is 1.18 bits per heavy atom. The Hall–Kier alpha value is -3.26. The summed E-state index contributed by atoms with van der Waals surface area (Å²) in [6.07, 6.45) is 5.23. The topological polar surface area (TPSA) is 97.0 Å². The molecule has 0 bridgehead atoms. The van der Waals surface area contributed by atoms with Crippen LogP contribution in [0.15, 0.2) is 69.1 Å². The number of aromatic nitrogens is 3. The second kappa shape index (κ2) is 8.18. The molecule has 28 heavy (non-hydrogen) atoms. The van der Waals surface area contributed by atoms with Crippen LogP contribution in [-0.4, -0.2) is 26.6 Å². The average molecular weight is 394 g/mol. The molecule has 0 aromatic carbocycles. The molecule has 0 aliphatic carbocycles. The van der Waals surface area contributed by atoms with E-state index in [0.717, 1.165) is 11.3 Å². The lowest BCUT2D eigenvalue weighted by Crippen LogP contribution is -2.13. The number of anilines is 1. The Bertz CT molecular complexity index is 1000. The van der Waals surface area contributed by atoms with Gasteiger partial charge in [-0.25, -0.2) is 9.97 Å². The van der Waals surface area contributed by atoms with Gasteiger partial charge in [0.1, 0.15) is 17.2 Å². The first-order chi connectivity index (χ1) is 13.7. The van der Waals surface area contributed by atoms with Gasteiger partial charge in [0.05, 0.1) is 12.5 Å². The van der Waals surface area contributed by atoms with Crippen LogP contribution in [0.3, 0.4) is 0 Å². The van der Waals surface area contributed by atoms with E-state index in [4.69, 9.17) is 8.83 Å². The van der Waals surface area contributed by atoms with Crippen molar-refractivity contribution in [2.75, 3.05) is 11.1 Å². The number of carbonyl (C=O) groups is 1. The third-order valence-electron chi connectivity index (χ3n) is 3.96. The minimum Gasteiger partial charge on any atom is -0.463 e. The summed E-state index contributed by atoms with van der Waals surface area (Å²) in [6.45, 7) is 1.96. The van der Waals surface area contributed by atoms with Crippen LogP contribution in [0.25, 0.3) is 22.9 Å². The Labute approximate surface area is 165 Å². The van der Waals surface area contributed by atoms with E-state index in [1.165, 1.54) is 11.8 Å². The molecule has 4 aromatic heterocycles. The predicted molar refractivity (Wildman–Crippen MR) is 107 cm³/mol. The summed E-state index contributed by atoms with van der Waals surface area (Å²) in [5.41, 5.74) is 2.47. The molecule has 4 heterocycles. The van der Waals surface area contributed by atoms with E-state index in [2.05, 4.69) is 20.3 Å². The van der Waals surface area contributed by atoms with Crippen LogP contribution in [0, 0.1) is 6.92 Å². The highest BCUT2D eigenvalue weighted by Crippen LogP contribution is 2.33.